The summed E-state index contributed by atoms with van der Waals surface area (Å²) in [5, 5.41) is 11.8. The Morgan fingerprint density at radius 3 is 2.50 bits per heavy atom. The molecule has 0 saturated heterocycles. The Balaban J connectivity index is 2.37. The van der Waals surface area contributed by atoms with Crippen molar-refractivity contribution in [1.29, 1.82) is 0 Å². The molecule has 0 aromatic rings. The van der Waals surface area contributed by atoms with Gasteiger partial charge in [-0.2, -0.15) is 0 Å². The molecule has 0 aliphatic heterocycles. The number of carbonyl (C=O) groups is 2. The van der Waals surface area contributed by atoms with Crippen LogP contribution in [0.15, 0.2) is 0 Å². The summed E-state index contributed by atoms with van der Waals surface area (Å²) >= 11 is 0. The predicted octanol–water partition coefficient (Wildman–Crippen LogP) is 0.308. The van der Waals surface area contributed by atoms with Gasteiger partial charge in [0.05, 0.1) is 6.54 Å². The number of carboxylic acids is 1. The van der Waals surface area contributed by atoms with Crippen LogP contribution in [0.3, 0.4) is 0 Å². The average molecular weight is 228 g/mol. The van der Waals surface area contributed by atoms with E-state index >= 15 is 0 Å². The molecule has 1 saturated carbocycles. The summed E-state index contributed by atoms with van der Waals surface area (Å²) < 4.78 is 0. The second-order valence-electron chi connectivity index (χ2n) is 4.72. The van der Waals surface area contributed by atoms with Crippen LogP contribution >= 0.6 is 0 Å². The molecule has 5 heteroatoms. The summed E-state index contributed by atoms with van der Waals surface area (Å²) in [7, 11) is 0. The highest BCUT2D eigenvalue weighted by Gasteiger charge is 2.23. The summed E-state index contributed by atoms with van der Waals surface area (Å²) in [6, 6.07) is 0.467. The van der Waals surface area contributed by atoms with Crippen molar-refractivity contribution in [2.75, 3.05) is 19.6 Å². The van der Waals surface area contributed by atoms with E-state index < -0.39 is 5.97 Å². The standard InChI is InChI=1S/C11H20N2O3/c1-8(2)6-13(7-11(15)16)10(14)5-12-9-3-4-9/h8-9,12H,3-7H2,1-2H3,(H,15,16). The summed E-state index contributed by atoms with van der Waals surface area (Å²) in [5.74, 6) is -0.798. The Morgan fingerprint density at radius 1 is 1.44 bits per heavy atom. The normalized spacial score (nSPS) is 15.2. The van der Waals surface area contributed by atoms with Gasteiger partial charge in [0.2, 0.25) is 5.91 Å². The van der Waals surface area contributed by atoms with E-state index in [-0.39, 0.29) is 24.9 Å². The molecule has 2 N–H and O–H groups in total. The molecule has 0 aromatic heterocycles. The van der Waals surface area contributed by atoms with E-state index in [1.54, 1.807) is 0 Å². The van der Waals surface area contributed by atoms with E-state index in [4.69, 9.17) is 5.11 Å². The summed E-state index contributed by atoms with van der Waals surface area (Å²) in [6.45, 7) is 4.48. The minimum absolute atomic E-state index is 0.122. The zero-order valence-electron chi connectivity index (χ0n) is 9.90. The number of hydrogen-bond donors (Lipinski definition) is 2. The van der Waals surface area contributed by atoms with Crippen molar-refractivity contribution in [1.82, 2.24) is 10.2 Å². The van der Waals surface area contributed by atoms with Gasteiger partial charge in [-0.15, -0.1) is 0 Å². The van der Waals surface area contributed by atoms with Crippen molar-refractivity contribution in [3.05, 3.63) is 0 Å². The van der Waals surface area contributed by atoms with Gasteiger partial charge in [-0.25, -0.2) is 0 Å². The monoisotopic (exact) mass is 228 g/mol. The molecule has 0 atom stereocenters. The molecule has 1 aliphatic rings. The molecular weight excluding hydrogens is 208 g/mol. The van der Waals surface area contributed by atoms with Crippen LogP contribution in [-0.2, 0) is 9.59 Å². The zero-order chi connectivity index (χ0) is 12.1. The van der Waals surface area contributed by atoms with Gasteiger partial charge in [0.15, 0.2) is 0 Å². The predicted molar refractivity (Wildman–Crippen MR) is 60.1 cm³/mol. The Morgan fingerprint density at radius 2 is 2.06 bits per heavy atom. The zero-order valence-corrected chi connectivity index (χ0v) is 9.90. The molecule has 92 valence electrons. The highest BCUT2D eigenvalue weighted by Crippen LogP contribution is 2.18. The lowest BCUT2D eigenvalue weighted by Crippen LogP contribution is -2.43. The minimum Gasteiger partial charge on any atom is -0.480 e. The fraction of sp³-hybridized carbons (Fsp3) is 0.818. The fourth-order valence-electron chi connectivity index (χ4n) is 1.49. The van der Waals surface area contributed by atoms with E-state index in [1.165, 1.54) is 4.90 Å². The molecule has 0 spiro atoms. The second-order valence-corrected chi connectivity index (χ2v) is 4.72. The first-order valence-electron chi connectivity index (χ1n) is 5.72. The van der Waals surface area contributed by atoms with Crippen LogP contribution in [-0.4, -0.2) is 47.6 Å². The number of aliphatic carboxylic acids is 1. The summed E-state index contributed by atoms with van der Waals surface area (Å²) in [4.78, 5) is 23.8. The maximum Gasteiger partial charge on any atom is 0.323 e. The summed E-state index contributed by atoms with van der Waals surface area (Å²) in [5.41, 5.74) is 0. The van der Waals surface area contributed by atoms with Crippen LogP contribution < -0.4 is 5.32 Å². The first-order valence-corrected chi connectivity index (χ1v) is 5.72. The van der Waals surface area contributed by atoms with E-state index in [1.807, 2.05) is 13.8 Å². The van der Waals surface area contributed by atoms with Crippen molar-refractivity contribution >= 4 is 11.9 Å². The van der Waals surface area contributed by atoms with Gasteiger partial charge in [0, 0.05) is 12.6 Å². The van der Waals surface area contributed by atoms with Gasteiger partial charge in [0.1, 0.15) is 6.54 Å². The van der Waals surface area contributed by atoms with Crippen LogP contribution in [0.1, 0.15) is 26.7 Å². The van der Waals surface area contributed by atoms with Crippen molar-refractivity contribution < 1.29 is 14.7 Å². The largest absolute Gasteiger partial charge is 0.480 e. The molecule has 0 unspecified atom stereocenters. The average Bonchev–Trinajstić information content (AvgIpc) is 2.95. The Hall–Kier alpha value is -1.10. The van der Waals surface area contributed by atoms with Gasteiger partial charge in [-0.3, -0.25) is 9.59 Å². The van der Waals surface area contributed by atoms with Crippen molar-refractivity contribution in [2.45, 2.75) is 32.7 Å². The van der Waals surface area contributed by atoms with Crippen LogP contribution in [0.25, 0.3) is 0 Å². The van der Waals surface area contributed by atoms with Gasteiger partial charge >= 0.3 is 5.97 Å². The van der Waals surface area contributed by atoms with E-state index in [2.05, 4.69) is 5.32 Å². The Labute approximate surface area is 95.8 Å². The number of carboxylic acid groups (broad SMARTS) is 1. The number of rotatable bonds is 7. The van der Waals surface area contributed by atoms with E-state index in [0.29, 0.717) is 12.6 Å². The number of hydrogen-bond acceptors (Lipinski definition) is 3. The number of carbonyl (C=O) groups excluding carboxylic acids is 1. The molecule has 1 rings (SSSR count). The maximum atomic E-state index is 11.7. The highest BCUT2D eigenvalue weighted by atomic mass is 16.4. The second kappa shape index (κ2) is 5.84. The molecule has 5 nitrogen and oxygen atoms in total. The molecule has 0 bridgehead atoms. The van der Waals surface area contributed by atoms with Gasteiger partial charge < -0.3 is 15.3 Å². The lowest BCUT2D eigenvalue weighted by molar-refractivity contribution is -0.144. The third-order valence-corrected chi connectivity index (χ3v) is 2.38. The minimum atomic E-state index is -0.958. The Bertz CT molecular complexity index is 262. The first-order chi connectivity index (χ1) is 7.49. The van der Waals surface area contributed by atoms with Crippen molar-refractivity contribution in [3.8, 4) is 0 Å². The maximum absolute atomic E-state index is 11.7. The van der Waals surface area contributed by atoms with Crippen LogP contribution in [0.4, 0.5) is 0 Å². The lowest BCUT2D eigenvalue weighted by atomic mass is 10.2. The van der Waals surface area contributed by atoms with Crippen molar-refractivity contribution in [2.24, 2.45) is 5.92 Å². The molecule has 1 amide bonds. The molecule has 0 heterocycles. The quantitative estimate of drug-likeness (QED) is 0.658. The molecule has 1 aliphatic carbocycles. The SMILES string of the molecule is CC(C)CN(CC(=O)O)C(=O)CNC1CC1. The fourth-order valence-corrected chi connectivity index (χ4v) is 1.49. The van der Waals surface area contributed by atoms with Gasteiger partial charge in [0.25, 0.3) is 0 Å². The smallest absolute Gasteiger partial charge is 0.323 e. The van der Waals surface area contributed by atoms with E-state index in [9.17, 15) is 9.59 Å². The van der Waals surface area contributed by atoms with Crippen LogP contribution in [0.2, 0.25) is 0 Å². The van der Waals surface area contributed by atoms with Crippen molar-refractivity contribution in [3.63, 3.8) is 0 Å². The molecular formula is C11H20N2O3. The Kier molecular flexibility index (Phi) is 4.73. The van der Waals surface area contributed by atoms with Crippen LogP contribution in [0.5, 0.6) is 0 Å². The molecule has 16 heavy (non-hydrogen) atoms. The van der Waals surface area contributed by atoms with Gasteiger partial charge in [-0.05, 0) is 18.8 Å². The van der Waals surface area contributed by atoms with Crippen LogP contribution in [0, 0.1) is 5.92 Å². The summed E-state index contributed by atoms with van der Waals surface area (Å²) in [6.07, 6.45) is 2.24. The lowest BCUT2D eigenvalue weighted by Gasteiger charge is -2.22. The molecule has 1 fully saturated rings. The molecule has 0 aromatic carbocycles. The van der Waals surface area contributed by atoms with E-state index in [0.717, 1.165) is 12.8 Å². The number of nitrogens with one attached hydrogen (secondary N) is 1. The van der Waals surface area contributed by atoms with Gasteiger partial charge in [-0.1, -0.05) is 13.8 Å². The first kappa shape index (κ1) is 13.0. The third kappa shape index (κ3) is 5.11. The number of nitrogens with zero attached hydrogens (tertiary/aromatic N) is 1. The molecule has 0 radical (unpaired) electrons. The third-order valence-electron chi connectivity index (χ3n) is 2.38. The topological polar surface area (TPSA) is 69.6 Å². The highest BCUT2D eigenvalue weighted by molar-refractivity contribution is 5.82. The number of amides is 1.